The zero-order valence-electron chi connectivity index (χ0n) is 8.53. The highest BCUT2D eigenvalue weighted by molar-refractivity contribution is 8.13. The van der Waals surface area contributed by atoms with Crippen molar-refractivity contribution in [3.63, 3.8) is 0 Å². The van der Waals surface area contributed by atoms with E-state index in [1.807, 2.05) is 24.3 Å². The molecule has 2 nitrogen and oxygen atoms in total. The molecule has 90 valence electrons. The molecule has 1 rings (SSSR count). The number of benzene rings is 1. The third-order valence-corrected chi connectivity index (χ3v) is 4.45. The highest BCUT2D eigenvalue weighted by atomic mass is 35.7. The van der Waals surface area contributed by atoms with Crippen molar-refractivity contribution >= 4 is 43.1 Å². The number of thioether (sulfide) groups is 1. The second-order valence-corrected chi connectivity index (χ2v) is 7.75. The predicted octanol–water partition coefficient (Wildman–Crippen LogP) is 3.78. The van der Waals surface area contributed by atoms with Gasteiger partial charge in [-0.05, 0) is 42.9 Å². The molecule has 0 atom stereocenters. The molecule has 16 heavy (non-hydrogen) atoms. The van der Waals surface area contributed by atoms with Gasteiger partial charge < -0.3 is 0 Å². The van der Waals surface area contributed by atoms with Crippen LogP contribution in [0.3, 0.4) is 0 Å². The summed E-state index contributed by atoms with van der Waals surface area (Å²) in [6.07, 6.45) is 1.44. The third kappa shape index (κ3) is 6.63. The minimum Gasteiger partial charge on any atom is -0.212 e. The molecule has 0 saturated carbocycles. The maximum atomic E-state index is 10.6. The fourth-order valence-corrected chi connectivity index (χ4v) is 3.01. The van der Waals surface area contributed by atoms with Gasteiger partial charge >= 0.3 is 0 Å². The van der Waals surface area contributed by atoms with E-state index >= 15 is 0 Å². The SMILES string of the molecule is O=S(=O)(Cl)CCCCSc1ccc(Cl)cc1. The van der Waals surface area contributed by atoms with E-state index in [0.717, 1.165) is 22.1 Å². The van der Waals surface area contributed by atoms with E-state index in [4.69, 9.17) is 22.3 Å². The first-order valence-corrected chi connectivity index (χ1v) is 8.62. The molecule has 0 aromatic heterocycles. The Morgan fingerprint density at radius 2 is 1.75 bits per heavy atom. The smallest absolute Gasteiger partial charge is 0.212 e. The average Bonchev–Trinajstić information content (AvgIpc) is 2.19. The van der Waals surface area contributed by atoms with Crippen LogP contribution in [0, 0.1) is 0 Å². The highest BCUT2D eigenvalue weighted by Gasteiger charge is 2.03. The summed E-state index contributed by atoms with van der Waals surface area (Å²) in [4.78, 5) is 1.14. The zero-order chi connectivity index (χ0) is 12.0. The van der Waals surface area contributed by atoms with Gasteiger partial charge in [-0.1, -0.05) is 11.6 Å². The van der Waals surface area contributed by atoms with E-state index in [2.05, 4.69) is 0 Å². The van der Waals surface area contributed by atoms with Crippen molar-refractivity contribution in [2.75, 3.05) is 11.5 Å². The molecule has 1 aromatic carbocycles. The molecule has 0 spiro atoms. The Hall–Kier alpha value is 0.1000. The van der Waals surface area contributed by atoms with Crippen molar-refractivity contribution in [1.82, 2.24) is 0 Å². The number of hydrogen-bond acceptors (Lipinski definition) is 3. The summed E-state index contributed by atoms with van der Waals surface area (Å²) in [6.45, 7) is 0. The summed E-state index contributed by atoms with van der Waals surface area (Å²) in [5, 5.41) is 0.720. The molecule has 0 unspecified atom stereocenters. The fourth-order valence-electron chi connectivity index (χ4n) is 1.10. The first-order valence-electron chi connectivity index (χ1n) is 4.78. The zero-order valence-corrected chi connectivity index (χ0v) is 11.7. The van der Waals surface area contributed by atoms with Crippen LogP contribution in [-0.4, -0.2) is 19.9 Å². The van der Waals surface area contributed by atoms with Crippen LogP contribution in [0.4, 0.5) is 0 Å². The van der Waals surface area contributed by atoms with E-state index in [1.165, 1.54) is 0 Å². The van der Waals surface area contributed by atoms with Gasteiger partial charge in [0.25, 0.3) is 0 Å². The van der Waals surface area contributed by atoms with E-state index in [9.17, 15) is 8.42 Å². The lowest BCUT2D eigenvalue weighted by atomic mass is 10.4. The molecule has 0 radical (unpaired) electrons. The van der Waals surface area contributed by atoms with Crippen LogP contribution in [0.15, 0.2) is 29.2 Å². The molecule has 0 aliphatic rings. The Morgan fingerprint density at radius 1 is 1.12 bits per heavy atom. The Kier molecular flexibility index (Phi) is 5.97. The lowest BCUT2D eigenvalue weighted by Gasteiger charge is -2.01. The summed E-state index contributed by atoms with van der Waals surface area (Å²) in [6, 6.07) is 7.58. The van der Waals surface area contributed by atoms with Crippen molar-refractivity contribution in [2.24, 2.45) is 0 Å². The minimum atomic E-state index is -3.33. The van der Waals surface area contributed by atoms with Crippen molar-refractivity contribution < 1.29 is 8.42 Å². The molecule has 0 heterocycles. The quantitative estimate of drug-likeness (QED) is 0.455. The van der Waals surface area contributed by atoms with Crippen molar-refractivity contribution in [3.8, 4) is 0 Å². The van der Waals surface area contributed by atoms with Gasteiger partial charge in [0.1, 0.15) is 0 Å². The summed E-state index contributed by atoms with van der Waals surface area (Å²) >= 11 is 7.44. The molecule has 1 aromatic rings. The molecule has 0 bridgehead atoms. The van der Waals surface area contributed by atoms with Gasteiger partial charge in [0.05, 0.1) is 5.75 Å². The molecular formula is C10H12Cl2O2S2. The van der Waals surface area contributed by atoms with E-state index in [0.29, 0.717) is 6.42 Å². The molecule has 0 amide bonds. The van der Waals surface area contributed by atoms with Gasteiger partial charge in [0, 0.05) is 20.6 Å². The monoisotopic (exact) mass is 298 g/mol. The first kappa shape index (κ1) is 14.2. The summed E-state index contributed by atoms with van der Waals surface area (Å²) in [7, 11) is 1.77. The molecule has 6 heteroatoms. The third-order valence-electron chi connectivity index (χ3n) is 1.86. The lowest BCUT2D eigenvalue weighted by molar-refractivity contribution is 0.606. The second kappa shape index (κ2) is 6.74. The van der Waals surface area contributed by atoms with Crippen LogP contribution >= 0.6 is 34.0 Å². The first-order chi connectivity index (χ1) is 7.47. The number of rotatable bonds is 6. The lowest BCUT2D eigenvalue weighted by Crippen LogP contribution is -1.97. The minimum absolute atomic E-state index is 0.0513. The van der Waals surface area contributed by atoms with Crippen LogP contribution in [0.2, 0.25) is 5.02 Å². The molecular weight excluding hydrogens is 287 g/mol. The standard InChI is InChI=1S/C10H12Cl2O2S2/c11-9-3-5-10(6-4-9)15-7-1-2-8-16(12,13)14/h3-6H,1-2,7-8H2. The normalized spacial score (nSPS) is 11.6. The van der Waals surface area contributed by atoms with Crippen LogP contribution in [0.1, 0.15) is 12.8 Å². The van der Waals surface area contributed by atoms with Gasteiger partial charge in [-0.2, -0.15) is 0 Å². The molecule has 0 N–H and O–H groups in total. The van der Waals surface area contributed by atoms with E-state index in [1.54, 1.807) is 11.8 Å². The van der Waals surface area contributed by atoms with E-state index < -0.39 is 9.05 Å². The van der Waals surface area contributed by atoms with Crippen LogP contribution in [0.25, 0.3) is 0 Å². The number of unbranched alkanes of at least 4 members (excludes halogenated alkanes) is 1. The van der Waals surface area contributed by atoms with Crippen LogP contribution in [-0.2, 0) is 9.05 Å². The maximum Gasteiger partial charge on any atom is 0.232 e. The van der Waals surface area contributed by atoms with Crippen molar-refractivity contribution in [3.05, 3.63) is 29.3 Å². The number of halogens is 2. The van der Waals surface area contributed by atoms with Crippen LogP contribution in [0.5, 0.6) is 0 Å². The Labute approximate surface area is 110 Å². The summed E-state index contributed by atoms with van der Waals surface area (Å²) in [5.41, 5.74) is 0. The predicted molar refractivity (Wildman–Crippen MR) is 71.0 cm³/mol. The van der Waals surface area contributed by atoms with Gasteiger partial charge in [-0.25, -0.2) is 8.42 Å². The van der Waals surface area contributed by atoms with Gasteiger partial charge in [0.2, 0.25) is 9.05 Å². The molecule has 0 aliphatic carbocycles. The van der Waals surface area contributed by atoms with Gasteiger partial charge in [-0.3, -0.25) is 0 Å². The second-order valence-electron chi connectivity index (χ2n) is 3.25. The van der Waals surface area contributed by atoms with Crippen LogP contribution < -0.4 is 0 Å². The Balaban J connectivity index is 2.19. The van der Waals surface area contributed by atoms with Crippen molar-refractivity contribution in [2.45, 2.75) is 17.7 Å². The molecule has 0 aliphatic heterocycles. The Bertz CT molecular complexity index is 415. The summed E-state index contributed by atoms with van der Waals surface area (Å²) in [5.74, 6) is 0.934. The highest BCUT2D eigenvalue weighted by Crippen LogP contribution is 2.21. The van der Waals surface area contributed by atoms with E-state index in [-0.39, 0.29) is 5.75 Å². The largest absolute Gasteiger partial charge is 0.232 e. The van der Waals surface area contributed by atoms with Gasteiger partial charge in [0.15, 0.2) is 0 Å². The summed E-state index contributed by atoms with van der Waals surface area (Å²) < 4.78 is 21.3. The fraction of sp³-hybridized carbons (Fsp3) is 0.400. The molecule has 0 fully saturated rings. The Morgan fingerprint density at radius 3 is 2.31 bits per heavy atom. The maximum absolute atomic E-state index is 10.6. The number of hydrogen-bond donors (Lipinski definition) is 0. The van der Waals surface area contributed by atoms with Crippen molar-refractivity contribution in [1.29, 1.82) is 0 Å². The van der Waals surface area contributed by atoms with Gasteiger partial charge in [-0.15, -0.1) is 11.8 Å². The average molecular weight is 299 g/mol. The topological polar surface area (TPSA) is 34.1 Å². The molecule has 0 saturated heterocycles.